The minimum Gasteiger partial charge on any atom is -0.413 e. The highest BCUT2D eigenvalue weighted by molar-refractivity contribution is 5.66. The third-order valence-corrected chi connectivity index (χ3v) is 5.09. The van der Waals surface area contributed by atoms with Crippen molar-refractivity contribution < 1.29 is 4.42 Å². The number of nitrogens with zero attached hydrogens (tertiary/aromatic N) is 8. The van der Waals surface area contributed by atoms with Crippen LogP contribution in [0.1, 0.15) is 24.2 Å². The Morgan fingerprint density at radius 1 is 1.23 bits per heavy atom. The first-order chi connectivity index (χ1) is 14.5. The Kier molecular flexibility index (Phi) is 5.71. The first-order valence-electron chi connectivity index (χ1n) is 9.99. The zero-order valence-electron chi connectivity index (χ0n) is 17.6. The summed E-state index contributed by atoms with van der Waals surface area (Å²) in [6.07, 6.45) is 5.54. The topological polar surface area (TPSA) is 89.0 Å². The molecule has 0 saturated carbocycles. The van der Waals surface area contributed by atoms with Crippen LogP contribution in [0.15, 0.2) is 41.5 Å². The zero-order valence-corrected chi connectivity index (χ0v) is 17.6. The largest absolute Gasteiger partial charge is 0.413 e. The fourth-order valence-electron chi connectivity index (χ4n) is 3.32. The van der Waals surface area contributed by atoms with Crippen LogP contribution >= 0.6 is 0 Å². The Morgan fingerprint density at radius 2 is 2.03 bits per heavy atom. The molecule has 4 heterocycles. The molecule has 0 amide bonds. The number of anilines is 1. The Hall–Kier alpha value is -3.33. The first kappa shape index (κ1) is 20.0. The van der Waals surface area contributed by atoms with Gasteiger partial charge in [-0.3, -0.25) is 0 Å². The van der Waals surface area contributed by atoms with E-state index in [1.165, 1.54) is 0 Å². The molecule has 3 aromatic heterocycles. The fraction of sp³-hybridized carbons (Fsp3) is 0.381. The molecule has 0 N–H and O–H groups in total. The SMILES string of the molecule is C=C(C=CC)c1nnc(-c2nc(C)n(Cc3ccnc(N4CCN(C)CC4)c3)n2)o1. The van der Waals surface area contributed by atoms with E-state index in [0.29, 0.717) is 23.8 Å². The number of hydrogen-bond acceptors (Lipinski definition) is 8. The summed E-state index contributed by atoms with van der Waals surface area (Å²) in [7, 11) is 2.15. The van der Waals surface area contributed by atoms with Gasteiger partial charge in [0.2, 0.25) is 11.7 Å². The van der Waals surface area contributed by atoms with Gasteiger partial charge in [-0.1, -0.05) is 18.7 Å². The zero-order chi connectivity index (χ0) is 21.1. The Labute approximate surface area is 175 Å². The summed E-state index contributed by atoms with van der Waals surface area (Å²) < 4.78 is 7.51. The number of hydrogen-bond donors (Lipinski definition) is 0. The Bertz CT molecular complexity index is 1060. The molecule has 0 spiro atoms. The summed E-state index contributed by atoms with van der Waals surface area (Å²) >= 11 is 0. The van der Waals surface area contributed by atoms with Gasteiger partial charge < -0.3 is 14.2 Å². The molecule has 1 aliphatic rings. The van der Waals surface area contributed by atoms with Crippen molar-refractivity contribution in [2.75, 3.05) is 38.1 Å². The van der Waals surface area contributed by atoms with Gasteiger partial charge in [0.05, 0.1) is 6.54 Å². The number of piperazine rings is 1. The minimum absolute atomic E-state index is 0.283. The van der Waals surface area contributed by atoms with Crippen LogP contribution in [0.3, 0.4) is 0 Å². The van der Waals surface area contributed by atoms with Crippen molar-refractivity contribution in [1.29, 1.82) is 0 Å². The highest BCUT2D eigenvalue weighted by Gasteiger charge is 2.18. The average molecular weight is 406 g/mol. The van der Waals surface area contributed by atoms with Gasteiger partial charge in [-0.25, -0.2) is 14.6 Å². The number of likely N-dealkylation sites (N-methyl/N-ethyl adjacent to an activating group) is 1. The lowest BCUT2D eigenvalue weighted by Crippen LogP contribution is -2.44. The molecule has 0 radical (unpaired) electrons. The van der Waals surface area contributed by atoms with Crippen molar-refractivity contribution in [3.8, 4) is 11.7 Å². The maximum Gasteiger partial charge on any atom is 0.287 e. The van der Waals surface area contributed by atoms with Gasteiger partial charge in [0.25, 0.3) is 5.89 Å². The minimum atomic E-state index is 0.283. The monoisotopic (exact) mass is 406 g/mol. The van der Waals surface area contributed by atoms with E-state index in [1.54, 1.807) is 0 Å². The Balaban J connectivity index is 1.51. The molecule has 3 aromatic rings. The number of aryl methyl sites for hydroxylation is 1. The maximum absolute atomic E-state index is 5.68. The molecule has 30 heavy (non-hydrogen) atoms. The van der Waals surface area contributed by atoms with Crippen LogP contribution in [-0.4, -0.2) is 68.1 Å². The van der Waals surface area contributed by atoms with Crippen LogP contribution in [0.4, 0.5) is 5.82 Å². The van der Waals surface area contributed by atoms with Crippen molar-refractivity contribution in [2.45, 2.75) is 20.4 Å². The Morgan fingerprint density at radius 3 is 2.80 bits per heavy atom. The van der Waals surface area contributed by atoms with Crippen LogP contribution in [0.2, 0.25) is 0 Å². The van der Waals surface area contributed by atoms with E-state index in [2.05, 4.69) is 54.8 Å². The van der Waals surface area contributed by atoms with Gasteiger partial charge in [-0.05, 0) is 38.6 Å². The lowest BCUT2D eigenvalue weighted by molar-refractivity contribution is 0.312. The maximum atomic E-state index is 5.68. The van der Waals surface area contributed by atoms with E-state index in [-0.39, 0.29) is 5.89 Å². The lowest BCUT2D eigenvalue weighted by atomic mass is 10.2. The molecule has 1 aliphatic heterocycles. The molecule has 9 heteroatoms. The number of rotatable bonds is 6. The van der Waals surface area contributed by atoms with Crippen LogP contribution in [0, 0.1) is 6.92 Å². The van der Waals surface area contributed by atoms with Crippen LogP contribution < -0.4 is 4.90 Å². The van der Waals surface area contributed by atoms with E-state index in [1.807, 2.05) is 42.9 Å². The summed E-state index contributed by atoms with van der Waals surface area (Å²) in [6, 6.07) is 4.13. The van der Waals surface area contributed by atoms with E-state index < -0.39 is 0 Å². The number of aromatic nitrogens is 6. The second kappa shape index (κ2) is 8.58. The molecule has 0 bridgehead atoms. The molecule has 4 rings (SSSR count). The van der Waals surface area contributed by atoms with Gasteiger partial charge in [0, 0.05) is 37.9 Å². The van der Waals surface area contributed by atoms with E-state index in [9.17, 15) is 0 Å². The molecule has 0 unspecified atom stereocenters. The van der Waals surface area contributed by atoms with E-state index in [0.717, 1.165) is 43.4 Å². The van der Waals surface area contributed by atoms with Crippen molar-refractivity contribution in [1.82, 2.24) is 34.8 Å². The van der Waals surface area contributed by atoms with Crippen LogP contribution in [0.5, 0.6) is 0 Å². The van der Waals surface area contributed by atoms with Crippen molar-refractivity contribution in [2.24, 2.45) is 0 Å². The molecule has 0 aliphatic carbocycles. The standard InChI is InChI=1S/C21H26N8O/c1-5-6-15(2)20-24-25-21(30-20)19-23-16(3)29(26-19)14-17-7-8-22-18(13-17)28-11-9-27(4)10-12-28/h5-8,13H,2,9-12,14H2,1,3-4H3. The predicted octanol–water partition coefficient (Wildman–Crippen LogP) is 2.42. The number of pyridine rings is 1. The summed E-state index contributed by atoms with van der Waals surface area (Å²) in [4.78, 5) is 13.7. The predicted molar refractivity (Wildman–Crippen MR) is 115 cm³/mol. The van der Waals surface area contributed by atoms with Crippen molar-refractivity contribution >= 4 is 11.4 Å². The number of allylic oxidation sites excluding steroid dienone is 3. The molecule has 9 nitrogen and oxygen atoms in total. The van der Waals surface area contributed by atoms with Gasteiger partial charge >= 0.3 is 0 Å². The van der Waals surface area contributed by atoms with Gasteiger partial charge in [-0.15, -0.1) is 15.3 Å². The van der Waals surface area contributed by atoms with Crippen LogP contribution in [0.25, 0.3) is 17.3 Å². The molecular weight excluding hydrogens is 380 g/mol. The smallest absolute Gasteiger partial charge is 0.287 e. The van der Waals surface area contributed by atoms with Gasteiger partial charge in [-0.2, -0.15) is 0 Å². The molecule has 0 atom stereocenters. The average Bonchev–Trinajstić information content (AvgIpc) is 3.36. The molecule has 156 valence electrons. The summed E-state index contributed by atoms with van der Waals surface area (Å²) in [5.74, 6) is 2.83. The second-order valence-corrected chi connectivity index (χ2v) is 7.39. The summed E-state index contributed by atoms with van der Waals surface area (Å²) in [5, 5.41) is 12.7. The van der Waals surface area contributed by atoms with Crippen molar-refractivity contribution in [3.63, 3.8) is 0 Å². The highest BCUT2D eigenvalue weighted by Crippen LogP contribution is 2.20. The van der Waals surface area contributed by atoms with E-state index in [4.69, 9.17) is 4.42 Å². The quantitative estimate of drug-likeness (QED) is 0.577. The molecular formula is C21H26N8O. The molecule has 1 fully saturated rings. The van der Waals surface area contributed by atoms with Gasteiger partial charge in [0.15, 0.2) is 0 Å². The third-order valence-electron chi connectivity index (χ3n) is 5.09. The molecule has 1 saturated heterocycles. The van der Waals surface area contributed by atoms with Gasteiger partial charge in [0.1, 0.15) is 11.6 Å². The highest BCUT2D eigenvalue weighted by atomic mass is 16.4. The normalized spacial score (nSPS) is 15.2. The first-order valence-corrected chi connectivity index (χ1v) is 9.99. The molecule has 0 aromatic carbocycles. The van der Waals surface area contributed by atoms with Crippen molar-refractivity contribution in [3.05, 3.63) is 54.3 Å². The van der Waals surface area contributed by atoms with E-state index >= 15 is 0 Å². The fourth-order valence-corrected chi connectivity index (χ4v) is 3.32. The van der Waals surface area contributed by atoms with Crippen LogP contribution in [-0.2, 0) is 6.54 Å². The summed E-state index contributed by atoms with van der Waals surface area (Å²) in [6.45, 7) is 12.4. The summed E-state index contributed by atoms with van der Waals surface area (Å²) in [5.41, 5.74) is 1.77. The lowest BCUT2D eigenvalue weighted by Gasteiger charge is -2.33. The third kappa shape index (κ3) is 4.30. The second-order valence-electron chi connectivity index (χ2n) is 7.39.